The fourth-order valence-electron chi connectivity index (χ4n) is 2.95. The van der Waals surface area contributed by atoms with Gasteiger partial charge in [-0.2, -0.15) is 5.10 Å². The third kappa shape index (κ3) is 3.27. The maximum absolute atomic E-state index is 4.69. The Morgan fingerprint density at radius 1 is 1.26 bits per heavy atom. The lowest BCUT2D eigenvalue weighted by molar-refractivity contribution is 0.217. The first-order valence-corrected chi connectivity index (χ1v) is 8.55. The predicted octanol–water partition coefficient (Wildman–Crippen LogP) is 1.86. The van der Waals surface area contributed by atoms with Gasteiger partial charge in [-0.1, -0.05) is 0 Å². The van der Waals surface area contributed by atoms with Gasteiger partial charge < -0.3 is 0 Å². The number of hydrogen-bond acceptors (Lipinski definition) is 7. The molecular weight excluding hydrogens is 310 g/mol. The summed E-state index contributed by atoms with van der Waals surface area (Å²) < 4.78 is 1.91. The first-order chi connectivity index (χ1) is 11.4. The van der Waals surface area contributed by atoms with Crippen LogP contribution >= 0.6 is 11.3 Å². The van der Waals surface area contributed by atoms with Gasteiger partial charge in [0, 0.05) is 30.4 Å². The molecule has 8 heteroatoms. The molecule has 1 saturated heterocycles. The van der Waals surface area contributed by atoms with Crippen molar-refractivity contribution in [3.05, 3.63) is 42.2 Å². The summed E-state index contributed by atoms with van der Waals surface area (Å²) in [6.07, 6.45) is 9.28. The summed E-state index contributed by atoms with van der Waals surface area (Å²) in [5.74, 6) is 0.698. The monoisotopic (exact) mass is 327 g/mol. The number of nitrogens with zero attached hydrogens (tertiary/aromatic N) is 7. The molecule has 1 fully saturated rings. The molecule has 1 aliphatic heterocycles. The van der Waals surface area contributed by atoms with Gasteiger partial charge in [-0.3, -0.25) is 9.58 Å². The second-order valence-electron chi connectivity index (χ2n) is 5.60. The largest absolute Gasteiger partial charge is 0.293 e. The summed E-state index contributed by atoms with van der Waals surface area (Å²) in [7, 11) is 0. The molecular formula is C15H17N7S. The average molecular weight is 327 g/mol. The van der Waals surface area contributed by atoms with Gasteiger partial charge in [0.2, 0.25) is 0 Å². The van der Waals surface area contributed by atoms with Gasteiger partial charge in [0.25, 0.3) is 0 Å². The van der Waals surface area contributed by atoms with E-state index < -0.39 is 0 Å². The van der Waals surface area contributed by atoms with E-state index in [1.54, 1.807) is 36.4 Å². The standard InChI is InChI=1S/C15H17N7S/c1-3-13(8-22-11-16-10-19-22)21(6-1)7-12-9-23-15(20-12)14-17-4-2-5-18-14/h2,4-5,9-11,13H,1,3,6-8H2/t13-/m1/s1. The highest BCUT2D eigenvalue weighted by Gasteiger charge is 2.25. The minimum absolute atomic E-state index is 0.495. The summed E-state index contributed by atoms with van der Waals surface area (Å²) in [5, 5.41) is 7.20. The highest BCUT2D eigenvalue weighted by Crippen LogP contribution is 2.24. The molecule has 3 aromatic heterocycles. The van der Waals surface area contributed by atoms with Crippen molar-refractivity contribution in [3.63, 3.8) is 0 Å². The summed E-state index contributed by atoms with van der Waals surface area (Å²) in [4.78, 5) is 19.7. The van der Waals surface area contributed by atoms with Crippen LogP contribution in [0.2, 0.25) is 0 Å². The van der Waals surface area contributed by atoms with Crippen molar-refractivity contribution >= 4 is 11.3 Å². The van der Waals surface area contributed by atoms with Crippen molar-refractivity contribution < 1.29 is 0 Å². The molecule has 23 heavy (non-hydrogen) atoms. The fraction of sp³-hybridized carbons (Fsp3) is 0.400. The highest BCUT2D eigenvalue weighted by atomic mass is 32.1. The third-order valence-corrected chi connectivity index (χ3v) is 4.92. The van der Waals surface area contributed by atoms with Crippen LogP contribution in [0.3, 0.4) is 0 Å². The summed E-state index contributed by atoms with van der Waals surface area (Å²) in [6.45, 7) is 2.86. The van der Waals surface area contributed by atoms with Gasteiger partial charge in [0.15, 0.2) is 10.8 Å². The first-order valence-electron chi connectivity index (χ1n) is 7.67. The van der Waals surface area contributed by atoms with Crippen LogP contribution in [0, 0.1) is 0 Å². The Balaban J connectivity index is 1.44. The molecule has 0 N–H and O–H groups in total. The fourth-order valence-corrected chi connectivity index (χ4v) is 3.71. The van der Waals surface area contributed by atoms with Gasteiger partial charge in [-0.25, -0.2) is 19.9 Å². The van der Waals surface area contributed by atoms with Crippen molar-refractivity contribution in [2.45, 2.75) is 32.0 Å². The van der Waals surface area contributed by atoms with E-state index in [0.717, 1.165) is 30.3 Å². The second kappa shape index (κ2) is 6.51. The molecule has 1 aliphatic rings. The van der Waals surface area contributed by atoms with E-state index in [2.05, 4.69) is 30.3 Å². The lowest BCUT2D eigenvalue weighted by Gasteiger charge is -2.23. The zero-order valence-corrected chi connectivity index (χ0v) is 13.4. The molecule has 7 nitrogen and oxygen atoms in total. The van der Waals surface area contributed by atoms with Gasteiger partial charge in [-0.05, 0) is 25.5 Å². The third-order valence-electron chi connectivity index (χ3n) is 4.04. The van der Waals surface area contributed by atoms with Crippen LogP contribution < -0.4 is 0 Å². The number of likely N-dealkylation sites (tertiary alicyclic amines) is 1. The van der Waals surface area contributed by atoms with E-state index in [4.69, 9.17) is 4.98 Å². The van der Waals surface area contributed by atoms with E-state index in [9.17, 15) is 0 Å². The molecule has 0 aliphatic carbocycles. The summed E-state index contributed by atoms with van der Waals surface area (Å²) in [6, 6.07) is 2.31. The Hall–Kier alpha value is -2.19. The van der Waals surface area contributed by atoms with Gasteiger partial charge in [-0.15, -0.1) is 11.3 Å². The number of rotatable bonds is 5. The molecule has 0 amide bonds. The van der Waals surface area contributed by atoms with E-state index >= 15 is 0 Å². The zero-order chi connectivity index (χ0) is 15.5. The highest BCUT2D eigenvalue weighted by molar-refractivity contribution is 7.13. The molecule has 0 saturated carbocycles. The second-order valence-corrected chi connectivity index (χ2v) is 6.46. The number of thiazole rings is 1. The minimum Gasteiger partial charge on any atom is -0.293 e. The van der Waals surface area contributed by atoms with E-state index in [1.165, 1.54) is 12.8 Å². The molecule has 0 aromatic carbocycles. The van der Waals surface area contributed by atoms with Crippen LogP contribution in [0.15, 0.2) is 36.5 Å². The molecule has 0 spiro atoms. The Labute approximate surface area is 138 Å². The molecule has 118 valence electrons. The summed E-state index contributed by atoms with van der Waals surface area (Å²) >= 11 is 1.60. The maximum Gasteiger partial charge on any atom is 0.188 e. The smallest absolute Gasteiger partial charge is 0.188 e. The van der Waals surface area contributed by atoms with E-state index in [-0.39, 0.29) is 0 Å². The molecule has 4 heterocycles. The van der Waals surface area contributed by atoms with Crippen LogP contribution in [0.4, 0.5) is 0 Å². The quantitative estimate of drug-likeness (QED) is 0.712. The van der Waals surface area contributed by atoms with Crippen LogP contribution in [0.1, 0.15) is 18.5 Å². The molecule has 1 atom stereocenters. The SMILES string of the molecule is c1cnc(-c2nc(CN3CCC[C@@H]3Cn3cncn3)cs2)nc1. The minimum atomic E-state index is 0.495. The van der Waals surface area contributed by atoms with Gasteiger partial charge in [0.05, 0.1) is 12.2 Å². The summed E-state index contributed by atoms with van der Waals surface area (Å²) in [5.41, 5.74) is 1.09. The average Bonchev–Trinajstić information content (AvgIpc) is 3.33. The van der Waals surface area contributed by atoms with Crippen LogP contribution in [-0.2, 0) is 13.1 Å². The van der Waals surface area contributed by atoms with Crippen molar-refractivity contribution in [2.24, 2.45) is 0 Å². The normalized spacial score (nSPS) is 18.5. The lowest BCUT2D eigenvalue weighted by Crippen LogP contribution is -2.32. The van der Waals surface area contributed by atoms with Crippen LogP contribution in [0.5, 0.6) is 0 Å². The Bertz CT molecular complexity index is 740. The van der Waals surface area contributed by atoms with E-state index in [0.29, 0.717) is 11.9 Å². The van der Waals surface area contributed by atoms with Crippen molar-refractivity contribution in [1.29, 1.82) is 0 Å². The molecule has 4 rings (SSSR count). The Kier molecular flexibility index (Phi) is 4.08. The molecule has 0 radical (unpaired) electrons. The first kappa shape index (κ1) is 14.4. The van der Waals surface area contributed by atoms with Gasteiger partial charge >= 0.3 is 0 Å². The Morgan fingerprint density at radius 2 is 2.17 bits per heavy atom. The zero-order valence-electron chi connectivity index (χ0n) is 12.6. The maximum atomic E-state index is 4.69. The lowest BCUT2D eigenvalue weighted by atomic mass is 10.2. The molecule has 0 bridgehead atoms. The van der Waals surface area contributed by atoms with Crippen molar-refractivity contribution in [3.8, 4) is 10.8 Å². The number of hydrogen-bond donors (Lipinski definition) is 0. The van der Waals surface area contributed by atoms with Crippen LogP contribution in [0.25, 0.3) is 10.8 Å². The van der Waals surface area contributed by atoms with Crippen molar-refractivity contribution in [1.82, 2.24) is 34.6 Å². The Morgan fingerprint density at radius 3 is 3.00 bits per heavy atom. The van der Waals surface area contributed by atoms with Crippen molar-refractivity contribution in [2.75, 3.05) is 6.54 Å². The topological polar surface area (TPSA) is 72.6 Å². The van der Waals surface area contributed by atoms with E-state index in [1.807, 2.05) is 10.7 Å². The molecule has 3 aromatic rings. The van der Waals surface area contributed by atoms with Crippen LogP contribution in [-0.4, -0.2) is 47.2 Å². The van der Waals surface area contributed by atoms with Gasteiger partial charge in [0.1, 0.15) is 12.7 Å². The predicted molar refractivity (Wildman–Crippen MR) is 86.6 cm³/mol. The molecule has 0 unspecified atom stereocenters. The number of aromatic nitrogens is 6.